The molecule has 18 heavy (non-hydrogen) atoms. The zero-order valence-corrected chi connectivity index (χ0v) is 10.8. The van der Waals surface area contributed by atoms with Gasteiger partial charge in [0.1, 0.15) is 17.2 Å². The highest BCUT2D eigenvalue weighted by molar-refractivity contribution is 6.01. The Bertz CT molecular complexity index is 601. The van der Waals surface area contributed by atoms with Gasteiger partial charge >= 0.3 is 5.97 Å². The third kappa shape index (κ3) is 1.77. The number of aromatic amines is 1. The maximum Gasteiger partial charge on any atom is 0.354 e. The monoisotopic (exact) mass is 249 g/mol. The van der Waals surface area contributed by atoms with Gasteiger partial charge in [-0.15, -0.1) is 0 Å². The predicted octanol–water partition coefficient (Wildman–Crippen LogP) is 2.28. The van der Waals surface area contributed by atoms with E-state index in [1.54, 1.807) is 20.3 Å². The Hall–Kier alpha value is -2.17. The van der Waals surface area contributed by atoms with E-state index in [1.807, 2.05) is 13.0 Å². The molecule has 0 amide bonds. The molecule has 0 fully saturated rings. The summed E-state index contributed by atoms with van der Waals surface area (Å²) in [4.78, 5) is 14.7. The first-order chi connectivity index (χ1) is 8.62. The highest BCUT2D eigenvalue weighted by atomic mass is 16.5. The molecule has 0 spiro atoms. The standard InChI is InChI=1S/C13H15NO4/c1-7-11-9(14-12(7)13(15)18-4)5-8(16-2)6-10(11)17-3/h5-6,14H,1-4H3. The Morgan fingerprint density at radius 3 is 2.44 bits per heavy atom. The van der Waals surface area contributed by atoms with Crippen molar-refractivity contribution in [3.05, 3.63) is 23.4 Å². The van der Waals surface area contributed by atoms with E-state index < -0.39 is 5.97 Å². The Kier molecular flexibility index (Phi) is 3.14. The number of hydrogen-bond donors (Lipinski definition) is 1. The van der Waals surface area contributed by atoms with Crippen LogP contribution in [0.15, 0.2) is 12.1 Å². The molecule has 0 atom stereocenters. The fourth-order valence-corrected chi connectivity index (χ4v) is 2.01. The van der Waals surface area contributed by atoms with Crippen LogP contribution in [-0.2, 0) is 4.74 Å². The number of carbonyl (C=O) groups excluding carboxylic acids is 1. The van der Waals surface area contributed by atoms with Crippen molar-refractivity contribution in [2.24, 2.45) is 0 Å². The fraction of sp³-hybridized carbons (Fsp3) is 0.308. The van der Waals surface area contributed by atoms with Crippen LogP contribution in [0.4, 0.5) is 0 Å². The summed E-state index contributed by atoms with van der Waals surface area (Å²) < 4.78 is 15.2. The molecule has 96 valence electrons. The third-order valence-electron chi connectivity index (χ3n) is 2.93. The summed E-state index contributed by atoms with van der Waals surface area (Å²) in [6.07, 6.45) is 0. The predicted molar refractivity (Wildman–Crippen MR) is 67.5 cm³/mol. The van der Waals surface area contributed by atoms with E-state index in [1.165, 1.54) is 7.11 Å². The second kappa shape index (κ2) is 4.60. The van der Waals surface area contributed by atoms with Gasteiger partial charge < -0.3 is 19.2 Å². The average molecular weight is 249 g/mol. The van der Waals surface area contributed by atoms with Crippen molar-refractivity contribution in [3.63, 3.8) is 0 Å². The molecule has 0 aliphatic carbocycles. The Morgan fingerprint density at radius 2 is 1.89 bits per heavy atom. The average Bonchev–Trinajstić information content (AvgIpc) is 2.74. The number of nitrogens with one attached hydrogen (secondary N) is 1. The maximum absolute atomic E-state index is 11.6. The molecule has 5 nitrogen and oxygen atoms in total. The van der Waals surface area contributed by atoms with E-state index in [9.17, 15) is 4.79 Å². The minimum Gasteiger partial charge on any atom is -0.497 e. The summed E-state index contributed by atoms with van der Waals surface area (Å²) in [6.45, 7) is 1.85. The lowest BCUT2D eigenvalue weighted by Crippen LogP contribution is -2.03. The molecule has 1 N–H and O–H groups in total. The molecular weight excluding hydrogens is 234 g/mol. The van der Waals surface area contributed by atoms with Crippen LogP contribution in [0.25, 0.3) is 10.9 Å². The minimum absolute atomic E-state index is 0.398. The van der Waals surface area contributed by atoms with E-state index in [0.717, 1.165) is 16.5 Å². The summed E-state index contributed by atoms with van der Waals surface area (Å²) in [5.74, 6) is 0.926. The van der Waals surface area contributed by atoms with Crippen LogP contribution in [0.5, 0.6) is 11.5 Å². The molecule has 5 heteroatoms. The van der Waals surface area contributed by atoms with Crippen molar-refractivity contribution < 1.29 is 19.0 Å². The molecule has 0 saturated carbocycles. The number of esters is 1. The number of H-pyrrole nitrogens is 1. The summed E-state index contributed by atoms with van der Waals surface area (Å²) >= 11 is 0. The van der Waals surface area contributed by atoms with E-state index >= 15 is 0 Å². The van der Waals surface area contributed by atoms with Gasteiger partial charge in [-0.3, -0.25) is 0 Å². The van der Waals surface area contributed by atoms with Gasteiger partial charge in [0, 0.05) is 17.5 Å². The molecule has 0 unspecified atom stereocenters. The van der Waals surface area contributed by atoms with Gasteiger partial charge in [0.15, 0.2) is 0 Å². The van der Waals surface area contributed by atoms with E-state index in [0.29, 0.717) is 17.2 Å². The van der Waals surface area contributed by atoms with Crippen molar-refractivity contribution in [3.8, 4) is 11.5 Å². The topological polar surface area (TPSA) is 60.6 Å². The Labute approximate surface area is 105 Å². The van der Waals surface area contributed by atoms with Gasteiger partial charge in [0.2, 0.25) is 0 Å². The second-order valence-corrected chi connectivity index (χ2v) is 3.87. The number of benzene rings is 1. The first-order valence-corrected chi connectivity index (χ1v) is 5.45. The van der Waals surface area contributed by atoms with Crippen molar-refractivity contribution in [2.75, 3.05) is 21.3 Å². The van der Waals surface area contributed by atoms with Crippen molar-refractivity contribution >= 4 is 16.9 Å². The SMILES string of the molecule is COC(=O)c1[nH]c2cc(OC)cc(OC)c2c1C. The molecule has 1 heterocycles. The van der Waals surface area contributed by atoms with Crippen LogP contribution in [-0.4, -0.2) is 32.3 Å². The second-order valence-electron chi connectivity index (χ2n) is 3.87. The maximum atomic E-state index is 11.6. The highest BCUT2D eigenvalue weighted by Gasteiger charge is 2.18. The lowest BCUT2D eigenvalue weighted by atomic mass is 10.1. The van der Waals surface area contributed by atoms with Gasteiger partial charge in [-0.25, -0.2) is 4.79 Å². The Balaban J connectivity index is 2.74. The molecular formula is C13H15NO4. The van der Waals surface area contributed by atoms with E-state index in [4.69, 9.17) is 14.2 Å². The summed E-state index contributed by atoms with van der Waals surface area (Å²) in [5.41, 5.74) is 2.01. The van der Waals surface area contributed by atoms with Crippen LogP contribution < -0.4 is 9.47 Å². The number of carbonyl (C=O) groups is 1. The first-order valence-electron chi connectivity index (χ1n) is 5.45. The molecule has 1 aromatic carbocycles. The normalized spacial score (nSPS) is 10.4. The number of methoxy groups -OCH3 is 3. The smallest absolute Gasteiger partial charge is 0.354 e. The van der Waals surface area contributed by atoms with E-state index in [2.05, 4.69) is 4.98 Å². The van der Waals surface area contributed by atoms with Crippen LogP contribution in [0.1, 0.15) is 16.1 Å². The molecule has 0 saturated heterocycles. The molecule has 0 aliphatic rings. The lowest BCUT2D eigenvalue weighted by Gasteiger charge is -2.06. The van der Waals surface area contributed by atoms with Gasteiger partial charge in [-0.05, 0) is 12.5 Å². The van der Waals surface area contributed by atoms with Gasteiger partial charge in [-0.1, -0.05) is 0 Å². The van der Waals surface area contributed by atoms with Gasteiger partial charge in [0.25, 0.3) is 0 Å². The minimum atomic E-state index is -0.398. The number of hydrogen-bond acceptors (Lipinski definition) is 4. The van der Waals surface area contributed by atoms with Crippen molar-refractivity contribution in [1.29, 1.82) is 0 Å². The number of fused-ring (bicyclic) bond motifs is 1. The largest absolute Gasteiger partial charge is 0.497 e. The van der Waals surface area contributed by atoms with Gasteiger partial charge in [-0.2, -0.15) is 0 Å². The summed E-state index contributed by atoms with van der Waals surface area (Å²) in [7, 11) is 4.52. The summed E-state index contributed by atoms with van der Waals surface area (Å²) in [6, 6.07) is 3.60. The number of aromatic nitrogens is 1. The molecule has 2 aromatic rings. The molecule has 1 aromatic heterocycles. The fourth-order valence-electron chi connectivity index (χ4n) is 2.01. The van der Waals surface area contributed by atoms with E-state index in [-0.39, 0.29) is 0 Å². The third-order valence-corrected chi connectivity index (χ3v) is 2.93. The molecule has 0 aliphatic heterocycles. The van der Waals surface area contributed by atoms with Crippen LogP contribution in [0.3, 0.4) is 0 Å². The lowest BCUT2D eigenvalue weighted by molar-refractivity contribution is 0.0594. The molecule has 0 radical (unpaired) electrons. The van der Waals surface area contributed by atoms with Crippen molar-refractivity contribution in [2.45, 2.75) is 6.92 Å². The van der Waals surface area contributed by atoms with Crippen molar-refractivity contribution in [1.82, 2.24) is 4.98 Å². The summed E-state index contributed by atoms with van der Waals surface area (Å²) in [5, 5.41) is 0.860. The van der Waals surface area contributed by atoms with Crippen LogP contribution in [0.2, 0.25) is 0 Å². The van der Waals surface area contributed by atoms with Gasteiger partial charge in [0.05, 0.1) is 26.8 Å². The number of ether oxygens (including phenoxy) is 3. The number of rotatable bonds is 3. The quantitative estimate of drug-likeness (QED) is 0.848. The molecule has 2 rings (SSSR count). The first kappa shape index (κ1) is 12.3. The highest BCUT2D eigenvalue weighted by Crippen LogP contribution is 2.34. The number of aryl methyl sites for hydroxylation is 1. The zero-order chi connectivity index (χ0) is 13.3. The molecule has 0 bridgehead atoms. The zero-order valence-electron chi connectivity index (χ0n) is 10.8. The van der Waals surface area contributed by atoms with Crippen LogP contribution >= 0.6 is 0 Å². The Morgan fingerprint density at radius 1 is 1.17 bits per heavy atom. The van der Waals surface area contributed by atoms with Crippen LogP contribution in [0, 0.1) is 6.92 Å².